The van der Waals surface area contributed by atoms with Gasteiger partial charge in [-0.1, -0.05) is 18.2 Å². The average molecular weight is 422 g/mol. The molecule has 0 saturated heterocycles. The average Bonchev–Trinajstić information content (AvgIpc) is 3.12. The molecule has 0 bridgehead atoms. The minimum absolute atomic E-state index is 0.200. The zero-order valence-corrected chi connectivity index (χ0v) is 17.9. The van der Waals surface area contributed by atoms with Gasteiger partial charge in [-0.2, -0.15) is 0 Å². The summed E-state index contributed by atoms with van der Waals surface area (Å²) < 4.78 is 5.78. The van der Waals surface area contributed by atoms with E-state index in [0.717, 1.165) is 21.8 Å². The quantitative estimate of drug-likeness (QED) is 0.529. The van der Waals surface area contributed by atoms with E-state index >= 15 is 0 Å². The minimum Gasteiger partial charge on any atom is -0.487 e. The molecule has 3 aromatic rings. The number of hydrogen-bond acceptors (Lipinski definition) is 5. The van der Waals surface area contributed by atoms with Crippen molar-refractivity contribution in [1.29, 1.82) is 0 Å². The Morgan fingerprint density at radius 1 is 1.10 bits per heavy atom. The van der Waals surface area contributed by atoms with Crippen LogP contribution in [0.5, 0.6) is 5.75 Å². The van der Waals surface area contributed by atoms with E-state index in [1.165, 1.54) is 13.0 Å². The zero-order chi connectivity index (χ0) is 21.5. The van der Waals surface area contributed by atoms with E-state index < -0.39 is 0 Å². The van der Waals surface area contributed by atoms with Crippen molar-refractivity contribution in [3.63, 3.8) is 0 Å². The van der Waals surface area contributed by atoms with Crippen LogP contribution in [-0.4, -0.2) is 16.8 Å². The van der Waals surface area contributed by atoms with Crippen LogP contribution in [0.15, 0.2) is 53.9 Å². The van der Waals surface area contributed by atoms with Crippen LogP contribution in [0.2, 0.25) is 0 Å². The molecule has 1 heterocycles. The van der Waals surface area contributed by atoms with Gasteiger partial charge in [-0.15, -0.1) is 11.3 Å². The first kappa shape index (κ1) is 21.3. The predicted molar refractivity (Wildman–Crippen MR) is 121 cm³/mol. The highest BCUT2D eigenvalue weighted by Crippen LogP contribution is 2.23. The van der Waals surface area contributed by atoms with Crippen LogP contribution in [-0.2, 0) is 16.2 Å². The lowest BCUT2D eigenvalue weighted by molar-refractivity contribution is -0.114. The molecular formula is C23H23N3O3S. The van der Waals surface area contributed by atoms with Crippen LogP contribution in [0, 0.1) is 13.8 Å². The Morgan fingerprint density at radius 3 is 2.67 bits per heavy atom. The topological polar surface area (TPSA) is 80.3 Å². The standard InChI is InChI=1S/C23H23N3O3S/c1-15-7-9-21(24-16(2)27)22(11-15)26-23(28)10-8-18-5-4-6-20(12-18)29-13-19-14-30-17(3)25-19/h4-12,14H,13H2,1-3H3,(H,24,27)(H,26,28)/b10-8+. The van der Waals surface area contributed by atoms with Gasteiger partial charge >= 0.3 is 0 Å². The van der Waals surface area contributed by atoms with E-state index in [9.17, 15) is 9.59 Å². The fourth-order valence-electron chi connectivity index (χ4n) is 2.75. The van der Waals surface area contributed by atoms with Gasteiger partial charge in [-0.05, 0) is 55.3 Å². The Hall–Kier alpha value is -3.45. The number of carbonyl (C=O) groups excluding carboxylic acids is 2. The van der Waals surface area contributed by atoms with Gasteiger partial charge in [0.05, 0.1) is 22.1 Å². The van der Waals surface area contributed by atoms with Crippen LogP contribution in [0.4, 0.5) is 11.4 Å². The molecule has 2 N–H and O–H groups in total. The van der Waals surface area contributed by atoms with Crippen molar-refractivity contribution in [1.82, 2.24) is 4.98 Å². The zero-order valence-electron chi connectivity index (χ0n) is 17.1. The summed E-state index contributed by atoms with van der Waals surface area (Å²) in [5.74, 6) is 0.209. The van der Waals surface area contributed by atoms with Crippen LogP contribution in [0.25, 0.3) is 6.08 Å². The summed E-state index contributed by atoms with van der Waals surface area (Å²) in [7, 11) is 0. The molecule has 154 valence electrons. The number of carbonyl (C=O) groups is 2. The number of nitrogens with zero attached hydrogens (tertiary/aromatic N) is 1. The van der Waals surface area contributed by atoms with Crippen molar-refractivity contribution in [3.05, 3.63) is 75.7 Å². The summed E-state index contributed by atoms with van der Waals surface area (Å²) in [4.78, 5) is 28.1. The largest absolute Gasteiger partial charge is 0.487 e. The van der Waals surface area contributed by atoms with E-state index in [0.29, 0.717) is 23.7 Å². The summed E-state index contributed by atoms with van der Waals surface area (Å²) in [5, 5.41) is 8.51. The molecule has 7 heteroatoms. The Morgan fingerprint density at radius 2 is 1.93 bits per heavy atom. The summed E-state index contributed by atoms with van der Waals surface area (Å²) in [5.41, 5.74) is 3.82. The lowest BCUT2D eigenvalue weighted by atomic mass is 10.1. The Balaban J connectivity index is 1.64. The highest BCUT2D eigenvalue weighted by Gasteiger charge is 2.07. The number of aryl methyl sites for hydroxylation is 2. The monoisotopic (exact) mass is 421 g/mol. The smallest absolute Gasteiger partial charge is 0.248 e. The molecule has 6 nitrogen and oxygen atoms in total. The molecule has 0 aliphatic heterocycles. The molecular weight excluding hydrogens is 398 g/mol. The highest BCUT2D eigenvalue weighted by molar-refractivity contribution is 7.09. The molecule has 1 aromatic heterocycles. The highest BCUT2D eigenvalue weighted by atomic mass is 32.1. The second kappa shape index (κ2) is 9.84. The molecule has 0 unspecified atom stereocenters. The van der Waals surface area contributed by atoms with E-state index in [1.807, 2.05) is 55.6 Å². The fourth-order valence-corrected chi connectivity index (χ4v) is 3.34. The molecule has 0 fully saturated rings. The van der Waals surface area contributed by atoms with Crippen LogP contribution < -0.4 is 15.4 Å². The Bertz CT molecular complexity index is 1090. The number of rotatable bonds is 7. The molecule has 0 saturated carbocycles. The lowest BCUT2D eigenvalue weighted by Crippen LogP contribution is -2.13. The van der Waals surface area contributed by atoms with Gasteiger partial charge in [0.15, 0.2) is 0 Å². The maximum Gasteiger partial charge on any atom is 0.248 e. The second-order valence-electron chi connectivity index (χ2n) is 6.77. The van der Waals surface area contributed by atoms with E-state index in [-0.39, 0.29) is 11.8 Å². The van der Waals surface area contributed by atoms with Gasteiger partial charge in [-0.3, -0.25) is 9.59 Å². The molecule has 0 spiro atoms. The van der Waals surface area contributed by atoms with Gasteiger partial charge in [0.1, 0.15) is 12.4 Å². The van der Waals surface area contributed by atoms with Crippen molar-refractivity contribution in [2.45, 2.75) is 27.4 Å². The molecule has 3 rings (SSSR count). The number of thiazole rings is 1. The second-order valence-corrected chi connectivity index (χ2v) is 7.83. The van der Waals surface area contributed by atoms with Crippen molar-refractivity contribution in [2.75, 3.05) is 10.6 Å². The van der Waals surface area contributed by atoms with Crippen molar-refractivity contribution in [2.24, 2.45) is 0 Å². The Labute approximate surface area is 179 Å². The number of anilines is 2. The summed E-state index contributed by atoms with van der Waals surface area (Å²) >= 11 is 1.59. The molecule has 2 aromatic carbocycles. The maximum atomic E-state index is 12.4. The van der Waals surface area contributed by atoms with E-state index in [4.69, 9.17) is 4.74 Å². The van der Waals surface area contributed by atoms with E-state index in [2.05, 4.69) is 15.6 Å². The van der Waals surface area contributed by atoms with Crippen molar-refractivity contribution in [3.8, 4) is 5.75 Å². The van der Waals surface area contributed by atoms with Gasteiger partial charge in [0.2, 0.25) is 11.8 Å². The van der Waals surface area contributed by atoms with Crippen LogP contribution in [0.1, 0.15) is 28.8 Å². The number of nitrogens with one attached hydrogen (secondary N) is 2. The third-order valence-corrected chi connectivity index (χ3v) is 4.90. The summed E-state index contributed by atoms with van der Waals surface area (Å²) in [6.07, 6.45) is 3.16. The number of ether oxygens (including phenoxy) is 1. The summed E-state index contributed by atoms with van der Waals surface area (Å²) in [6, 6.07) is 12.9. The normalized spacial score (nSPS) is 10.8. The first-order valence-corrected chi connectivity index (χ1v) is 10.3. The first-order chi connectivity index (χ1) is 14.4. The molecule has 0 aliphatic rings. The first-order valence-electron chi connectivity index (χ1n) is 9.40. The number of aromatic nitrogens is 1. The van der Waals surface area contributed by atoms with Gasteiger partial charge in [0.25, 0.3) is 0 Å². The molecule has 30 heavy (non-hydrogen) atoms. The third kappa shape index (κ3) is 6.28. The number of benzene rings is 2. The molecule has 0 atom stereocenters. The SMILES string of the molecule is CC(=O)Nc1ccc(C)cc1NC(=O)/C=C/c1cccc(OCc2csc(C)n2)c1. The van der Waals surface area contributed by atoms with Gasteiger partial charge in [-0.25, -0.2) is 4.98 Å². The van der Waals surface area contributed by atoms with Crippen molar-refractivity contribution >= 4 is 40.6 Å². The maximum absolute atomic E-state index is 12.4. The molecule has 0 radical (unpaired) electrons. The van der Waals surface area contributed by atoms with Gasteiger partial charge < -0.3 is 15.4 Å². The van der Waals surface area contributed by atoms with E-state index in [1.54, 1.807) is 23.5 Å². The van der Waals surface area contributed by atoms with Crippen LogP contribution in [0.3, 0.4) is 0 Å². The minimum atomic E-state index is -0.295. The predicted octanol–water partition coefficient (Wildman–Crippen LogP) is 4.95. The number of amides is 2. The van der Waals surface area contributed by atoms with Crippen LogP contribution >= 0.6 is 11.3 Å². The summed E-state index contributed by atoms with van der Waals surface area (Å²) in [6.45, 7) is 5.70. The molecule has 2 amide bonds. The van der Waals surface area contributed by atoms with Gasteiger partial charge in [0, 0.05) is 18.4 Å². The third-order valence-electron chi connectivity index (χ3n) is 4.08. The fraction of sp³-hybridized carbons (Fsp3) is 0.174. The molecule has 0 aliphatic carbocycles. The number of hydrogen-bond donors (Lipinski definition) is 2. The lowest BCUT2D eigenvalue weighted by Gasteiger charge is -2.11. The van der Waals surface area contributed by atoms with Crippen molar-refractivity contribution < 1.29 is 14.3 Å². The Kier molecular flexibility index (Phi) is 6.98.